The Hall–Kier alpha value is -2.44. The predicted molar refractivity (Wildman–Crippen MR) is 106 cm³/mol. The van der Waals surface area contributed by atoms with Crippen LogP contribution in [0.3, 0.4) is 0 Å². The van der Waals surface area contributed by atoms with Gasteiger partial charge in [-0.15, -0.1) is 0 Å². The van der Waals surface area contributed by atoms with Gasteiger partial charge < -0.3 is 19.7 Å². The lowest BCUT2D eigenvalue weighted by Crippen LogP contribution is -2.37. The SMILES string of the molecule is CCOc1ccccc1OCC(=O)N(C)CC(=O)Nc1ccc(Cl)c(Cl)c1. The fourth-order valence-corrected chi connectivity index (χ4v) is 2.47. The summed E-state index contributed by atoms with van der Waals surface area (Å²) in [6.45, 7) is 2.02. The highest BCUT2D eigenvalue weighted by Crippen LogP contribution is 2.26. The van der Waals surface area contributed by atoms with Crippen LogP contribution in [0, 0.1) is 0 Å². The molecule has 2 amide bonds. The van der Waals surface area contributed by atoms with Crippen LogP contribution in [0.25, 0.3) is 0 Å². The van der Waals surface area contributed by atoms with E-state index in [-0.39, 0.29) is 25.0 Å². The van der Waals surface area contributed by atoms with Gasteiger partial charge in [0, 0.05) is 12.7 Å². The number of benzene rings is 2. The third-order valence-electron chi connectivity index (χ3n) is 3.51. The molecule has 0 saturated heterocycles. The monoisotopic (exact) mass is 410 g/mol. The Labute approximate surface area is 168 Å². The molecule has 0 radical (unpaired) electrons. The molecule has 144 valence electrons. The zero-order valence-corrected chi connectivity index (χ0v) is 16.5. The quantitative estimate of drug-likeness (QED) is 0.716. The largest absolute Gasteiger partial charge is 0.490 e. The first-order valence-electron chi connectivity index (χ1n) is 8.24. The number of carbonyl (C=O) groups excluding carboxylic acids is 2. The average molecular weight is 411 g/mol. The van der Waals surface area contributed by atoms with Crippen LogP contribution in [-0.4, -0.2) is 43.5 Å². The van der Waals surface area contributed by atoms with Gasteiger partial charge in [-0.3, -0.25) is 9.59 Å². The van der Waals surface area contributed by atoms with Crippen molar-refractivity contribution >= 4 is 40.7 Å². The van der Waals surface area contributed by atoms with Crippen molar-refractivity contribution in [3.8, 4) is 11.5 Å². The molecule has 0 aliphatic carbocycles. The molecule has 8 heteroatoms. The second-order valence-corrected chi connectivity index (χ2v) is 6.41. The summed E-state index contributed by atoms with van der Waals surface area (Å²) in [5, 5.41) is 3.39. The van der Waals surface area contributed by atoms with Crippen LogP contribution in [0.1, 0.15) is 6.92 Å². The Morgan fingerprint density at radius 2 is 1.70 bits per heavy atom. The summed E-state index contributed by atoms with van der Waals surface area (Å²) in [7, 11) is 1.52. The number of hydrogen-bond donors (Lipinski definition) is 1. The molecule has 0 fully saturated rings. The van der Waals surface area contributed by atoms with E-state index in [0.717, 1.165) is 0 Å². The molecule has 6 nitrogen and oxygen atoms in total. The number of para-hydroxylation sites is 2. The third-order valence-corrected chi connectivity index (χ3v) is 4.25. The molecule has 0 aliphatic heterocycles. The first kappa shape index (κ1) is 20.9. The first-order chi connectivity index (χ1) is 12.9. The van der Waals surface area contributed by atoms with Gasteiger partial charge in [0.1, 0.15) is 0 Å². The Morgan fingerprint density at radius 1 is 1.04 bits per heavy atom. The van der Waals surface area contributed by atoms with Crippen LogP contribution >= 0.6 is 23.2 Å². The van der Waals surface area contributed by atoms with Gasteiger partial charge in [0.05, 0.1) is 23.2 Å². The van der Waals surface area contributed by atoms with Gasteiger partial charge in [-0.05, 0) is 37.3 Å². The summed E-state index contributed by atoms with van der Waals surface area (Å²) in [5.74, 6) is 0.332. The summed E-state index contributed by atoms with van der Waals surface area (Å²) >= 11 is 11.8. The van der Waals surface area contributed by atoms with E-state index >= 15 is 0 Å². The number of ether oxygens (including phenoxy) is 2. The molecule has 0 atom stereocenters. The first-order valence-corrected chi connectivity index (χ1v) is 8.99. The van der Waals surface area contributed by atoms with Crippen LogP contribution < -0.4 is 14.8 Å². The maximum absolute atomic E-state index is 12.2. The normalized spacial score (nSPS) is 10.2. The number of anilines is 1. The van der Waals surface area contributed by atoms with Gasteiger partial charge in [0.2, 0.25) is 5.91 Å². The lowest BCUT2D eigenvalue weighted by atomic mass is 10.3. The lowest BCUT2D eigenvalue weighted by Gasteiger charge is -2.18. The minimum absolute atomic E-state index is 0.129. The maximum Gasteiger partial charge on any atom is 0.260 e. The van der Waals surface area contributed by atoms with E-state index in [2.05, 4.69) is 5.32 Å². The van der Waals surface area contributed by atoms with Crippen molar-refractivity contribution in [2.75, 3.05) is 32.1 Å². The Kier molecular flexibility index (Phi) is 7.76. The fourth-order valence-electron chi connectivity index (χ4n) is 2.17. The molecule has 2 rings (SSSR count). The second-order valence-electron chi connectivity index (χ2n) is 5.60. The summed E-state index contributed by atoms with van der Waals surface area (Å²) < 4.78 is 11.0. The second kappa shape index (κ2) is 10.0. The molecule has 2 aromatic carbocycles. The van der Waals surface area contributed by atoms with Gasteiger partial charge in [-0.25, -0.2) is 0 Å². The zero-order valence-electron chi connectivity index (χ0n) is 15.0. The number of carbonyl (C=O) groups is 2. The van der Waals surface area contributed by atoms with E-state index < -0.39 is 0 Å². The van der Waals surface area contributed by atoms with Gasteiger partial charge in [0.25, 0.3) is 5.91 Å². The highest BCUT2D eigenvalue weighted by molar-refractivity contribution is 6.42. The highest BCUT2D eigenvalue weighted by atomic mass is 35.5. The molecule has 0 heterocycles. The molecule has 0 bridgehead atoms. The molecule has 2 aromatic rings. The van der Waals surface area contributed by atoms with Crippen molar-refractivity contribution in [1.82, 2.24) is 4.90 Å². The predicted octanol–water partition coefficient (Wildman–Crippen LogP) is 3.87. The van der Waals surface area contributed by atoms with E-state index in [4.69, 9.17) is 32.7 Å². The fraction of sp³-hybridized carbons (Fsp3) is 0.263. The number of halogens is 2. The van der Waals surface area contributed by atoms with Crippen LogP contribution in [-0.2, 0) is 9.59 Å². The van der Waals surface area contributed by atoms with Crippen LogP contribution in [0.5, 0.6) is 11.5 Å². The molecule has 0 spiro atoms. The van der Waals surface area contributed by atoms with Crippen LogP contribution in [0.4, 0.5) is 5.69 Å². The molecule has 1 N–H and O–H groups in total. The smallest absolute Gasteiger partial charge is 0.260 e. The van der Waals surface area contributed by atoms with E-state index in [0.29, 0.717) is 33.8 Å². The topological polar surface area (TPSA) is 67.9 Å². The molecular weight excluding hydrogens is 391 g/mol. The Bertz CT molecular complexity index is 814. The summed E-state index contributed by atoms with van der Waals surface area (Å²) in [6, 6.07) is 11.8. The summed E-state index contributed by atoms with van der Waals surface area (Å²) in [4.78, 5) is 25.6. The lowest BCUT2D eigenvalue weighted by molar-refractivity contribution is -0.135. The van der Waals surface area contributed by atoms with Crippen molar-refractivity contribution in [3.63, 3.8) is 0 Å². The standard InChI is InChI=1S/C19H20Cl2N2O4/c1-3-26-16-6-4-5-7-17(16)27-12-19(25)23(2)11-18(24)22-13-8-9-14(20)15(21)10-13/h4-10H,3,11-12H2,1-2H3,(H,22,24). The summed E-state index contributed by atoms with van der Waals surface area (Å²) in [5.41, 5.74) is 0.497. The number of rotatable bonds is 8. The van der Waals surface area contributed by atoms with Gasteiger partial charge in [-0.1, -0.05) is 35.3 Å². The van der Waals surface area contributed by atoms with Gasteiger partial charge in [-0.2, -0.15) is 0 Å². The zero-order chi connectivity index (χ0) is 19.8. The van der Waals surface area contributed by atoms with Crippen LogP contribution in [0.15, 0.2) is 42.5 Å². The minimum Gasteiger partial charge on any atom is -0.490 e. The van der Waals surface area contributed by atoms with Crippen molar-refractivity contribution in [2.24, 2.45) is 0 Å². The average Bonchev–Trinajstić information content (AvgIpc) is 2.64. The number of amides is 2. The highest BCUT2D eigenvalue weighted by Gasteiger charge is 2.15. The van der Waals surface area contributed by atoms with Gasteiger partial charge >= 0.3 is 0 Å². The van der Waals surface area contributed by atoms with E-state index in [1.54, 1.807) is 30.3 Å². The molecule has 0 aliphatic rings. The molecule has 0 saturated carbocycles. The van der Waals surface area contributed by atoms with Crippen LogP contribution in [0.2, 0.25) is 10.0 Å². The van der Waals surface area contributed by atoms with E-state index in [1.165, 1.54) is 18.0 Å². The number of nitrogens with one attached hydrogen (secondary N) is 1. The van der Waals surface area contributed by atoms with E-state index in [1.807, 2.05) is 13.0 Å². The Morgan fingerprint density at radius 3 is 2.33 bits per heavy atom. The van der Waals surface area contributed by atoms with E-state index in [9.17, 15) is 9.59 Å². The third kappa shape index (κ3) is 6.34. The molecule has 0 aromatic heterocycles. The van der Waals surface area contributed by atoms with Crippen molar-refractivity contribution in [2.45, 2.75) is 6.92 Å². The molecular formula is C19H20Cl2N2O4. The maximum atomic E-state index is 12.2. The summed E-state index contributed by atoms with van der Waals surface area (Å²) in [6.07, 6.45) is 0. The molecule has 0 unspecified atom stereocenters. The Balaban J connectivity index is 1.86. The number of nitrogens with zero attached hydrogens (tertiary/aromatic N) is 1. The van der Waals surface area contributed by atoms with Crippen molar-refractivity contribution < 1.29 is 19.1 Å². The van der Waals surface area contributed by atoms with Gasteiger partial charge in [0.15, 0.2) is 18.1 Å². The number of hydrogen-bond acceptors (Lipinski definition) is 4. The minimum atomic E-state index is -0.362. The van der Waals surface area contributed by atoms with Crippen molar-refractivity contribution in [3.05, 3.63) is 52.5 Å². The molecule has 27 heavy (non-hydrogen) atoms. The van der Waals surface area contributed by atoms with Crippen molar-refractivity contribution in [1.29, 1.82) is 0 Å². The number of likely N-dealkylation sites (N-methyl/N-ethyl adjacent to an activating group) is 1.